The highest BCUT2D eigenvalue weighted by molar-refractivity contribution is 5.38. The molecule has 398 valence electrons. The van der Waals surface area contributed by atoms with Gasteiger partial charge < -0.3 is 97.7 Å². The molecule has 0 bridgehead atoms. The molecule has 27 unspecified atom stereocenters. The maximum atomic E-state index is 12.5. The third kappa shape index (κ3) is 8.72. The molecule has 0 spiro atoms. The van der Waals surface area contributed by atoms with Gasteiger partial charge in [-0.2, -0.15) is 0 Å². The van der Waals surface area contributed by atoms with E-state index in [-0.39, 0.29) is 25.7 Å². The van der Waals surface area contributed by atoms with Crippen LogP contribution in [0.3, 0.4) is 0 Å². The Morgan fingerprint density at radius 1 is 0.580 bits per heavy atom. The predicted octanol–water partition coefficient (Wildman–Crippen LogP) is 0.705. The Hall–Kier alpha value is -1.06. The van der Waals surface area contributed by atoms with Crippen LogP contribution in [0.5, 0.6) is 0 Å². The van der Waals surface area contributed by atoms with Gasteiger partial charge in [0.1, 0.15) is 53.4 Å². The van der Waals surface area contributed by atoms with Gasteiger partial charge in [-0.1, -0.05) is 26.0 Å². The zero-order valence-corrected chi connectivity index (χ0v) is 42.1. The van der Waals surface area contributed by atoms with E-state index >= 15 is 0 Å². The van der Waals surface area contributed by atoms with E-state index in [1.807, 2.05) is 27.7 Å². The van der Waals surface area contributed by atoms with Crippen molar-refractivity contribution in [1.29, 1.82) is 0 Å². The van der Waals surface area contributed by atoms with E-state index in [1.165, 1.54) is 20.1 Å². The number of methoxy groups -OCH3 is 4. The third-order valence-electron chi connectivity index (χ3n) is 18.6. The largest absolute Gasteiger partial charge is 0.392 e. The van der Waals surface area contributed by atoms with Crippen molar-refractivity contribution in [3.05, 3.63) is 12.2 Å². The van der Waals surface area contributed by atoms with E-state index in [0.717, 1.165) is 0 Å². The van der Waals surface area contributed by atoms with Crippen molar-refractivity contribution >= 4 is 0 Å². The van der Waals surface area contributed by atoms with E-state index in [4.69, 9.17) is 56.8 Å². The molecular weight excluding hydrogens is 909 g/mol. The first-order valence-corrected chi connectivity index (χ1v) is 25.1. The van der Waals surface area contributed by atoms with Crippen LogP contribution in [0.4, 0.5) is 0 Å². The molecule has 0 aromatic rings. The first kappa shape index (κ1) is 54.2. The summed E-state index contributed by atoms with van der Waals surface area (Å²) in [5, 5.41) is 92.9. The summed E-state index contributed by atoms with van der Waals surface area (Å²) in [5.74, 6) is -0.776. The van der Waals surface area contributed by atoms with Gasteiger partial charge in [-0.15, -0.1) is 0 Å². The molecule has 3 saturated carbocycles. The Labute approximate surface area is 405 Å². The monoisotopic (exact) mass is 991 g/mol. The van der Waals surface area contributed by atoms with Crippen LogP contribution in [0.1, 0.15) is 106 Å². The number of hydrogen-bond acceptors (Lipinski definition) is 20. The fourth-order valence-corrected chi connectivity index (χ4v) is 14.1. The molecule has 4 heterocycles. The fourth-order valence-electron chi connectivity index (χ4n) is 14.1. The average molecular weight is 991 g/mol. The summed E-state index contributed by atoms with van der Waals surface area (Å²) in [6.07, 6.45) is -9.72. The van der Waals surface area contributed by atoms with Crippen molar-refractivity contribution in [3.63, 3.8) is 0 Å². The summed E-state index contributed by atoms with van der Waals surface area (Å²) in [6, 6.07) is 0. The summed E-state index contributed by atoms with van der Waals surface area (Å²) < 4.78 is 74.1. The second kappa shape index (κ2) is 19.9. The minimum Gasteiger partial charge on any atom is -0.392 e. The molecule has 4 aliphatic heterocycles. The fraction of sp³-hybridized carbons (Fsp3) is 0.959. The Balaban J connectivity index is 0.860. The predicted molar refractivity (Wildman–Crippen MR) is 240 cm³/mol. The Bertz CT molecular complexity index is 1800. The molecule has 0 amide bonds. The molecule has 69 heavy (non-hydrogen) atoms. The number of rotatable bonds is 13. The minimum absolute atomic E-state index is 0.00526. The lowest BCUT2D eigenvalue weighted by Crippen LogP contribution is -2.79. The van der Waals surface area contributed by atoms with Crippen LogP contribution in [-0.2, 0) is 56.8 Å². The summed E-state index contributed by atoms with van der Waals surface area (Å²) in [4.78, 5) is 0. The molecule has 0 radical (unpaired) electrons. The summed E-state index contributed by atoms with van der Waals surface area (Å²) in [6.45, 7) is 12.1. The molecule has 0 aromatic carbocycles. The van der Waals surface area contributed by atoms with Crippen LogP contribution in [0, 0.1) is 16.7 Å². The summed E-state index contributed by atoms with van der Waals surface area (Å²) in [7, 11) is 6.19. The van der Waals surface area contributed by atoms with Crippen LogP contribution in [0.2, 0.25) is 0 Å². The lowest BCUT2D eigenvalue weighted by atomic mass is 9.41. The third-order valence-corrected chi connectivity index (χ3v) is 18.6. The molecule has 20 nitrogen and oxygen atoms in total. The molecule has 20 heteroatoms. The van der Waals surface area contributed by atoms with Gasteiger partial charge in [0.15, 0.2) is 25.2 Å². The molecule has 0 aromatic heterocycles. The topological polar surface area (TPSA) is 273 Å². The number of hydrogen-bond donors (Lipinski definition) is 8. The molecule has 4 aliphatic carbocycles. The van der Waals surface area contributed by atoms with E-state index < -0.39 is 162 Å². The van der Waals surface area contributed by atoms with Crippen molar-refractivity contribution in [2.75, 3.05) is 28.4 Å². The number of aliphatic hydroxyl groups excluding tert-OH is 4. The quantitative estimate of drug-likeness (QED) is 0.118. The van der Waals surface area contributed by atoms with Gasteiger partial charge in [0.25, 0.3) is 0 Å². The lowest BCUT2D eigenvalue weighted by Gasteiger charge is -2.68. The second-order valence-corrected chi connectivity index (χ2v) is 22.0. The SMILES string of the molecule is COC1CC(OC2CCC3(C)C4CC(O)C5(C)C(O)(C(C)O)CCC5(O)C4(O)C=CC3(O)C2)OC(C)C1OC1CC(OC)C(OC2CC(OC)C(OC3OC(C)C(O)C(OC)C3O)C(C)O2)C(C)O1. The van der Waals surface area contributed by atoms with Crippen molar-refractivity contribution in [1.82, 2.24) is 0 Å². The molecule has 27 atom stereocenters. The average Bonchev–Trinajstić information content (AvgIpc) is 3.53. The highest BCUT2D eigenvalue weighted by atomic mass is 16.8. The summed E-state index contributed by atoms with van der Waals surface area (Å²) in [5.41, 5.74) is -9.83. The zero-order chi connectivity index (χ0) is 50.4. The van der Waals surface area contributed by atoms with Crippen LogP contribution in [-0.4, -0.2) is 215 Å². The molecule has 8 aliphatic rings. The normalized spacial score (nSPS) is 56.0. The van der Waals surface area contributed by atoms with E-state index in [0.29, 0.717) is 32.1 Å². The van der Waals surface area contributed by atoms with Crippen molar-refractivity contribution in [2.45, 2.75) is 251 Å². The first-order chi connectivity index (χ1) is 32.4. The Morgan fingerprint density at radius 3 is 1.58 bits per heavy atom. The zero-order valence-electron chi connectivity index (χ0n) is 42.1. The first-order valence-electron chi connectivity index (χ1n) is 25.1. The maximum Gasteiger partial charge on any atom is 0.187 e. The standard InChI is InChI=1S/C49H82O20/c1-23-37(52)42(61-11)38(53)43(65-23)69-41-26(4)64-36(20-31(41)60-10)68-40-25(3)63-35(19-30(40)59-9)67-39-24(2)62-34(18-29(39)58-8)66-28-12-13-44(6)32-21-33(51)45(7)47(55,27(5)50)16-17-49(45,57)48(32,56)15-14-46(44,54)22-28/h14-15,23-43,50-57H,12-13,16-22H2,1-11H3. The van der Waals surface area contributed by atoms with Crippen LogP contribution >= 0.6 is 0 Å². The minimum atomic E-state index is -1.98. The van der Waals surface area contributed by atoms with Gasteiger partial charge in [0, 0.05) is 65.5 Å². The maximum absolute atomic E-state index is 12.5. The Morgan fingerprint density at radius 2 is 1.09 bits per heavy atom. The number of fused-ring (bicyclic) bond motifs is 5. The van der Waals surface area contributed by atoms with Crippen molar-refractivity contribution in [3.8, 4) is 0 Å². The van der Waals surface area contributed by atoms with Gasteiger partial charge in [0.2, 0.25) is 0 Å². The highest BCUT2D eigenvalue weighted by Gasteiger charge is 2.81. The van der Waals surface area contributed by atoms with Crippen molar-refractivity contribution < 1.29 is 97.7 Å². The van der Waals surface area contributed by atoms with Crippen LogP contribution in [0.15, 0.2) is 12.2 Å². The molecule has 7 fully saturated rings. The van der Waals surface area contributed by atoms with Crippen molar-refractivity contribution in [2.24, 2.45) is 16.7 Å². The second-order valence-electron chi connectivity index (χ2n) is 22.0. The van der Waals surface area contributed by atoms with E-state index in [9.17, 15) is 40.9 Å². The van der Waals surface area contributed by atoms with Gasteiger partial charge in [0.05, 0.1) is 72.1 Å². The number of aliphatic hydroxyl groups is 8. The van der Waals surface area contributed by atoms with E-state index in [1.54, 1.807) is 41.3 Å². The van der Waals surface area contributed by atoms with Gasteiger partial charge >= 0.3 is 0 Å². The molecular formula is C49H82O20. The molecule has 8 rings (SSSR count). The molecule has 8 N–H and O–H groups in total. The lowest BCUT2D eigenvalue weighted by molar-refractivity contribution is -0.356. The summed E-state index contributed by atoms with van der Waals surface area (Å²) >= 11 is 0. The van der Waals surface area contributed by atoms with Crippen LogP contribution in [0.25, 0.3) is 0 Å². The van der Waals surface area contributed by atoms with Gasteiger partial charge in [-0.05, 0) is 66.7 Å². The molecule has 4 saturated heterocycles. The Kier molecular flexibility index (Phi) is 15.6. The van der Waals surface area contributed by atoms with E-state index in [2.05, 4.69) is 0 Å². The highest BCUT2D eigenvalue weighted by Crippen LogP contribution is 2.71. The van der Waals surface area contributed by atoms with Gasteiger partial charge in [-0.25, -0.2) is 0 Å². The van der Waals surface area contributed by atoms with Crippen LogP contribution < -0.4 is 0 Å². The number of ether oxygens (including phenoxy) is 12. The van der Waals surface area contributed by atoms with Gasteiger partial charge in [-0.3, -0.25) is 0 Å². The smallest absolute Gasteiger partial charge is 0.187 e.